The van der Waals surface area contributed by atoms with Crippen LogP contribution in [-0.2, 0) is 11.4 Å². The van der Waals surface area contributed by atoms with Gasteiger partial charge in [-0.15, -0.1) is 0 Å². The second-order valence-electron chi connectivity index (χ2n) is 8.57. The smallest absolute Gasteiger partial charge is 0.270 e. The first-order valence-electron chi connectivity index (χ1n) is 10.2. The zero-order valence-electron chi connectivity index (χ0n) is 17.6. The highest BCUT2D eigenvalue weighted by Crippen LogP contribution is 2.43. The van der Waals surface area contributed by atoms with Crippen LogP contribution in [0, 0.1) is 5.41 Å². The fraction of sp³-hybridized carbons (Fsp3) is 0.478. The fourth-order valence-corrected chi connectivity index (χ4v) is 3.21. The molecule has 6 nitrogen and oxygen atoms in total. The molecule has 1 aliphatic rings. The van der Waals surface area contributed by atoms with Crippen LogP contribution in [0.4, 0.5) is 0 Å². The standard InChI is InChI=1S/C23H29N3O3/c1-5-19(27)20(23(2,3)4)26-21(28)18-12-11-17(15-9-10-15)22(25-18)29-14-16-8-6-7-13-24-16/h6-8,11-13,15,20H,5,9-10,14H2,1-4H3,(H,26,28)/t20-/m1/s1. The number of Topliss-reactive ketones (excluding diaryl/α,β-unsaturated/α-hetero) is 1. The molecule has 2 aromatic heterocycles. The Morgan fingerprint density at radius 2 is 1.97 bits per heavy atom. The number of nitrogens with one attached hydrogen (secondary N) is 1. The minimum absolute atomic E-state index is 0.00655. The van der Waals surface area contributed by atoms with Gasteiger partial charge in [-0.2, -0.15) is 0 Å². The number of nitrogens with zero attached hydrogens (tertiary/aromatic N) is 2. The largest absolute Gasteiger partial charge is 0.471 e. The summed E-state index contributed by atoms with van der Waals surface area (Å²) in [6.07, 6.45) is 4.29. The molecule has 0 unspecified atom stereocenters. The summed E-state index contributed by atoms with van der Waals surface area (Å²) in [5.41, 5.74) is 1.69. The number of pyridine rings is 2. The lowest BCUT2D eigenvalue weighted by molar-refractivity contribution is -0.122. The van der Waals surface area contributed by atoms with Crippen molar-refractivity contribution in [1.29, 1.82) is 0 Å². The number of amides is 1. The molecule has 0 aliphatic heterocycles. The van der Waals surface area contributed by atoms with E-state index in [1.54, 1.807) is 19.2 Å². The summed E-state index contributed by atoms with van der Waals surface area (Å²) in [6.45, 7) is 7.92. The molecule has 0 spiro atoms. The van der Waals surface area contributed by atoms with Gasteiger partial charge in [0.25, 0.3) is 5.91 Å². The molecular formula is C23H29N3O3. The van der Waals surface area contributed by atoms with E-state index in [0.29, 0.717) is 18.2 Å². The maximum atomic E-state index is 12.9. The first-order valence-corrected chi connectivity index (χ1v) is 10.2. The monoisotopic (exact) mass is 395 g/mol. The van der Waals surface area contributed by atoms with Gasteiger partial charge >= 0.3 is 0 Å². The number of ether oxygens (including phenoxy) is 1. The highest BCUT2D eigenvalue weighted by molar-refractivity contribution is 5.97. The van der Waals surface area contributed by atoms with Gasteiger partial charge in [-0.25, -0.2) is 4.98 Å². The molecule has 154 valence electrons. The Balaban J connectivity index is 1.80. The van der Waals surface area contributed by atoms with Crippen LogP contribution in [0.2, 0.25) is 0 Å². The van der Waals surface area contributed by atoms with Crippen molar-refractivity contribution >= 4 is 11.7 Å². The van der Waals surface area contributed by atoms with Gasteiger partial charge in [0.15, 0.2) is 5.78 Å². The van der Waals surface area contributed by atoms with E-state index in [-0.39, 0.29) is 29.4 Å². The molecule has 1 saturated carbocycles. The molecule has 1 amide bonds. The maximum Gasteiger partial charge on any atom is 0.270 e. The van der Waals surface area contributed by atoms with Crippen LogP contribution in [0.1, 0.15) is 74.6 Å². The third-order valence-electron chi connectivity index (χ3n) is 5.03. The summed E-state index contributed by atoms with van der Waals surface area (Å²) in [5, 5.41) is 2.87. The van der Waals surface area contributed by atoms with Crippen molar-refractivity contribution in [2.75, 3.05) is 0 Å². The zero-order valence-corrected chi connectivity index (χ0v) is 17.6. The molecule has 1 aliphatic carbocycles. The summed E-state index contributed by atoms with van der Waals surface area (Å²) in [6, 6.07) is 8.71. The number of carbonyl (C=O) groups is 2. The van der Waals surface area contributed by atoms with Crippen LogP contribution < -0.4 is 10.1 Å². The van der Waals surface area contributed by atoms with Crippen molar-refractivity contribution in [1.82, 2.24) is 15.3 Å². The van der Waals surface area contributed by atoms with Gasteiger partial charge in [-0.05, 0) is 42.4 Å². The molecule has 0 aromatic carbocycles. The van der Waals surface area contributed by atoms with Crippen LogP contribution in [0.25, 0.3) is 0 Å². The van der Waals surface area contributed by atoms with E-state index in [9.17, 15) is 9.59 Å². The van der Waals surface area contributed by atoms with E-state index in [1.165, 1.54) is 0 Å². The molecule has 2 aromatic rings. The minimum Gasteiger partial charge on any atom is -0.471 e. The first kappa shape index (κ1) is 21.0. The molecule has 1 atom stereocenters. The lowest BCUT2D eigenvalue weighted by Gasteiger charge is -2.30. The fourth-order valence-electron chi connectivity index (χ4n) is 3.21. The van der Waals surface area contributed by atoms with Crippen LogP contribution in [-0.4, -0.2) is 27.7 Å². The number of aromatic nitrogens is 2. The molecule has 0 saturated heterocycles. The average molecular weight is 396 g/mol. The summed E-state index contributed by atoms with van der Waals surface area (Å²) in [4.78, 5) is 34.0. The normalized spacial score (nSPS) is 14.9. The summed E-state index contributed by atoms with van der Waals surface area (Å²) >= 11 is 0. The molecule has 1 N–H and O–H groups in total. The van der Waals surface area contributed by atoms with Crippen LogP contribution in [0.5, 0.6) is 5.88 Å². The van der Waals surface area contributed by atoms with E-state index in [2.05, 4.69) is 15.3 Å². The van der Waals surface area contributed by atoms with Gasteiger partial charge < -0.3 is 10.1 Å². The molecular weight excluding hydrogens is 366 g/mol. The minimum atomic E-state index is -0.567. The Hall–Kier alpha value is -2.76. The zero-order chi connectivity index (χ0) is 21.0. The van der Waals surface area contributed by atoms with Crippen molar-refractivity contribution in [3.8, 4) is 5.88 Å². The van der Waals surface area contributed by atoms with Gasteiger partial charge in [0.2, 0.25) is 5.88 Å². The quantitative estimate of drug-likeness (QED) is 0.729. The van der Waals surface area contributed by atoms with Gasteiger partial charge in [0.05, 0.1) is 11.7 Å². The molecule has 29 heavy (non-hydrogen) atoms. The van der Waals surface area contributed by atoms with Crippen molar-refractivity contribution < 1.29 is 14.3 Å². The molecule has 2 heterocycles. The number of rotatable bonds is 8. The van der Waals surface area contributed by atoms with E-state index >= 15 is 0 Å². The van der Waals surface area contributed by atoms with E-state index in [0.717, 1.165) is 24.1 Å². The molecule has 0 bridgehead atoms. The predicted octanol–water partition coefficient (Wildman–Crippen LogP) is 4.06. The van der Waals surface area contributed by atoms with Gasteiger partial charge in [0.1, 0.15) is 12.3 Å². The third kappa shape index (κ3) is 5.40. The Labute approximate surface area is 172 Å². The Kier molecular flexibility index (Phi) is 6.30. The van der Waals surface area contributed by atoms with Crippen molar-refractivity contribution in [2.45, 2.75) is 65.5 Å². The van der Waals surface area contributed by atoms with Gasteiger partial charge in [0, 0.05) is 18.2 Å². The Morgan fingerprint density at radius 3 is 2.55 bits per heavy atom. The SMILES string of the molecule is CCC(=O)[C@@H](NC(=O)c1ccc(C2CC2)c(OCc2ccccn2)n1)C(C)(C)C. The number of carbonyl (C=O) groups excluding carboxylic acids is 2. The summed E-state index contributed by atoms with van der Waals surface area (Å²) in [7, 11) is 0. The van der Waals surface area contributed by atoms with Crippen LogP contribution in [0.3, 0.4) is 0 Å². The van der Waals surface area contributed by atoms with E-state index in [1.807, 2.05) is 45.0 Å². The summed E-state index contributed by atoms with van der Waals surface area (Å²) < 4.78 is 5.94. The molecule has 6 heteroatoms. The topological polar surface area (TPSA) is 81.2 Å². The molecule has 0 radical (unpaired) electrons. The van der Waals surface area contributed by atoms with Crippen molar-refractivity contribution in [3.63, 3.8) is 0 Å². The number of hydrogen-bond donors (Lipinski definition) is 1. The van der Waals surface area contributed by atoms with E-state index in [4.69, 9.17) is 4.74 Å². The predicted molar refractivity (Wildman–Crippen MR) is 111 cm³/mol. The van der Waals surface area contributed by atoms with Gasteiger partial charge in [-0.1, -0.05) is 39.8 Å². The lowest BCUT2D eigenvalue weighted by Crippen LogP contribution is -2.49. The van der Waals surface area contributed by atoms with Crippen LogP contribution >= 0.6 is 0 Å². The number of hydrogen-bond acceptors (Lipinski definition) is 5. The van der Waals surface area contributed by atoms with Gasteiger partial charge in [-0.3, -0.25) is 14.6 Å². The average Bonchev–Trinajstić information content (AvgIpc) is 3.54. The molecule has 1 fully saturated rings. The second-order valence-corrected chi connectivity index (χ2v) is 8.57. The van der Waals surface area contributed by atoms with Crippen molar-refractivity contribution in [3.05, 3.63) is 53.5 Å². The highest BCUT2D eigenvalue weighted by atomic mass is 16.5. The Morgan fingerprint density at radius 1 is 1.21 bits per heavy atom. The number of ketones is 1. The maximum absolute atomic E-state index is 12.9. The summed E-state index contributed by atoms with van der Waals surface area (Å²) in [5.74, 6) is 0.547. The van der Waals surface area contributed by atoms with Crippen LogP contribution in [0.15, 0.2) is 36.5 Å². The lowest BCUT2D eigenvalue weighted by atomic mass is 9.83. The molecule has 3 rings (SSSR count). The highest BCUT2D eigenvalue weighted by Gasteiger charge is 2.33. The van der Waals surface area contributed by atoms with Crippen molar-refractivity contribution in [2.24, 2.45) is 5.41 Å². The van der Waals surface area contributed by atoms with E-state index < -0.39 is 6.04 Å². The Bertz CT molecular complexity index is 871. The first-order chi connectivity index (χ1) is 13.8. The second kappa shape index (κ2) is 8.72. The third-order valence-corrected chi connectivity index (χ3v) is 5.03.